The summed E-state index contributed by atoms with van der Waals surface area (Å²) in [5.41, 5.74) is 0.460. The summed E-state index contributed by atoms with van der Waals surface area (Å²) in [4.78, 5) is 34.7. The molecule has 1 aliphatic heterocycles. The zero-order valence-electron chi connectivity index (χ0n) is 16.2. The van der Waals surface area contributed by atoms with Crippen LogP contribution in [0, 0.1) is 0 Å². The van der Waals surface area contributed by atoms with E-state index in [9.17, 15) is 27.9 Å². The summed E-state index contributed by atoms with van der Waals surface area (Å²) in [7, 11) is 0. The van der Waals surface area contributed by atoms with Crippen LogP contribution in [-0.2, 0) is 9.59 Å². The van der Waals surface area contributed by atoms with Gasteiger partial charge in [0.05, 0.1) is 11.6 Å². The van der Waals surface area contributed by atoms with Gasteiger partial charge in [-0.15, -0.1) is 13.2 Å². The fourth-order valence-electron chi connectivity index (χ4n) is 3.46. The summed E-state index contributed by atoms with van der Waals surface area (Å²) in [6, 6.07) is 9.61. The van der Waals surface area contributed by atoms with E-state index in [0.717, 1.165) is 17.0 Å². The maximum Gasteiger partial charge on any atom is 0.573 e. The maximum absolute atomic E-state index is 13.0. The Morgan fingerprint density at radius 2 is 1.59 bits per heavy atom. The lowest BCUT2D eigenvalue weighted by atomic mass is 9.96. The molecule has 32 heavy (non-hydrogen) atoms. The lowest BCUT2D eigenvalue weighted by molar-refractivity contribution is -0.274. The molecule has 0 saturated carbocycles. The quantitative estimate of drug-likeness (QED) is 0.374. The van der Waals surface area contributed by atoms with Crippen molar-refractivity contribution in [2.75, 3.05) is 4.90 Å². The van der Waals surface area contributed by atoms with Gasteiger partial charge in [0, 0.05) is 42.1 Å². The van der Waals surface area contributed by atoms with Gasteiger partial charge in [0.25, 0.3) is 11.7 Å². The number of hydrogen-bond acceptors (Lipinski definition) is 6. The predicted molar refractivity (Wildman–Crippen MR) is 106 cm³/mol. The van der Waals surface area contributed by atoms with Gasteiger partial charge in [0.1, 0.15) is 11.5 Å². The second kappa shape index (κ2) is 8.14. The van der Waals surface area contributed by atoms with Crippen LogP contribution in [0.2, 0.25) is 0 Å². The molecule has 0 bridgehead atoms. The number of alkyl halides is 3. The molecular formula is C22H14F3N3O4. The van der Waals surface area contributed by atoms with Gasteiger partial charge < -0.3 is 9.84 Å². The molecule has 7 nitrogen and oxygen atoms in total. The van der Waals surface area contributed by atoms with E-state index in [2.05, 4.69) is 14.7 Å². The van der Waals surface area contributed by atoms with Gasteiger partial charge in [-0.05, 0) is 42.0 Å². The van der Waals surface area contributed by atoms with E-state index < -0.39 is 35.6 Å². The fraction of sp³-hybridized carbons (Fsp3) is 0.0909. The molecule has 10 heteroatoms. The number of rotatable bonds is 4. The summed E-state index contributed by atoms with van der Waals surface area (Å²) in [5, 5.41) is 10.9. The highest BCUT2D eigenvalue weighted by Gasteiger charge is 2.47. The molecule has 0 spiro atoms. The molecule has 0 radical (unpaired) electrons. The van der Waals surface area contributed by atoms with Crippen LogP contribution < -0.4 is 9.64 Å². The van der Waals surface area contributed by atoms with E-state index in [-0.39, 0.29) is 16.8 Å². The van der Waals surface area contributed by atoms with E-state index in [4.69, 9.17) is 0 Å². The Morgan fingerprint density at radius 3 is 2.22 bits per heavy atom. The van der Waals surface area contributed by atoms with Gasteiger partial charge in [-0.1, -0.05) is 6.07 Å². The highest BCUT2D eigenvalue weighted by atomic mass is 19.4. The largest absolute Gasteiger partial charge is 0.573 e. The number of aliphatic hydroxyl groups is 1. The summed E-state index contributed by atoms with van der Waals surface area (Å²) in [5.74, 6) is -2.98. The molecule has 1 saturated heterocycles. The lowest BCUT2D eigenvalue weighted by Crippen LogP contribution is -2.29. The van der Waals surface area contributed by atoms with E-state index >= 15 is 0 Å². The number of hydrogen-bond donors (Lipinski definition) is 1. The van der Waals surface area contributed by atoms with E-state index in [1.807, 2.05) is 0 Å². The molecule has 3 heterocycles. The number of aromatic nitrogens is 2. The highest BCUT2D eigenvalue weighted by Crippen LogP contribution is 2.42. The molecule has 162 valence electrons. The van der Waals surface area contributed by atoms with Gasteiger partial charge in [-0.2, -0.15) is 0 Å². The molecule has 1 aromatic carbocycles. The molecule has 0 aliphatic carbocycles. The number of amides is 1. The average molecular weight is 441 g/mol. The average Bonchev–Trinajstić information content (AvgIpc) is 3.04. The minimum absolute atomic E-state index is 0.00978. The molecular weight excluding hydrogens is 427 g/mol. The van der Waals surface area contributed by atoms with Crippen molar-refractivity contribution in [1.29, 1.82) is 0 Å². The van der Waals surface area contributed by atoms with Crippen LogP contribution in [-0.4, -0.2) is 33.1 Å². The number of halogens is 3. The fourth-order valence-corrected chi connectivity index (χ4v) is 3.46. The monoisotopic (exact) mass is 441 g/mol. The van der Waals surface area contributed by atoms with Crippen LogP contribution in [0.5, 0.6) is 5.75 Å². The number of ketones is 1. The number of carbonyl (C=O) groups excluding carboxylic acids is 2. The Labute approximate surface area is 179 Å². The van der Waals surface area contributed by atoms with Crippen molar-refractivity contribution in [1.82, 2.24) is 9.97 Å². The Balaban J connectivity index is 1.88. The minimum atomic E-state index is -4.93. The molecule has 3 aromatic rings. The predicted octanol–water partition coefficient (Wildman–Crippen LogP) is 4.00. The van der Waals surface area contributed by atoms with Crippen LogP contribution in [0.3, 0.4) is 0 Å². The number of anilines is 1. The third kappa shape index (κ3) is 4.02. The van der Waals surface area contributed by atoms with Crippen LogP contribution in [0.1, 0.15) is 17.2 Å². The second-order valence-corrected chi connectivity index (χ2v) is 6.73. The first-order valence-corrected chi connectivity index (χ1v) is 9.23. The van der Waals surface area contributed by atoms with Crippen LogP contribution in [0.15, 0.2) is 78.9 Å². The van der Waals surface area contributed by atoms with Gasteiger partial charge in [0.2, 0.25) is 0 Å². The molecule has 1 fully saturated rings. The summed E-state index contributed by atoms with van der Waals surface area (Å²) >= 11 is 0. The van der Waals surface area contributed by atoms with Gasteiger partial charge in [-0.25, -0.2) is 0 Å². The van der Waals surface area contributed by atoms with Crippen molar-refractivity contribution in [3.63, 3.8) is 0 Å². The summed E-state index contributed by atoms with van der Waals surface area (Å²) in [6.07, 6.45) is 0.754. The smallest absolute Gasteiger partial charge is 0.507 e. The zero-order valence-corrected chi connectivity index (χ0v) is 16.2. The number of benzene rings is 1. The van der Waals surface area contributed by atoms with E-state index in [1.54, 1.807) is 12.1 Å². The number of pyridine rings is 2. The lowest BCUT2D eigenvalue weighted by Gasteiger charge is -2.25. The standard InChI is InChI=1S/C22H14F3N3O4/c23-22(24,25)32-16-3-1-2-15(12-16)28-18(13-4-8-26-9-5-13)17(20(30)21(28)31)19(29)14-6-10-27-11-7-14/h1-12,18,29H/b19-17+. The summed E-state index contributed by atoms with van der Waals surface area (Å²) < 4.78 is 42.0. The van der Waals surface area contributed by atoms with Crippen molar-refractivity contribution in [2.45, 2.75) is 12.4 Å². The Kier molecular flexibility index (Phi) is 5.35. The second-order valence-electron chi connectivity index (χ2n) is 6.73. The minimum Gasteiger partial charge on any atom is -0.507 e. The summed E-state index contributed by atoms with van der Waals surface area (Å²) in [6.45, 7) is 0. The SMILES string of the molecule is O=C1C(=O)N(c2cccc(OC(F)(F)F)c2)C(c2ccncc2)/C1=C(\O)c1ccncc1. The van der Waals surface area contributed by atoms with E-state index in [1.165, 1.54) is 49.1 Å². The van der Waals surface area contributed by atoms with Gasteiger partial charge in [-0.3, -0.25) is 24.5 Å². The zero-order chi connectivity index (χ0) is 22.9. The number of Topliss-reactive ketones (excluding diaryl/α,β-unsaturated/α-hetero) is 1. The first kappa shape index (κ1) is 21.0. The molecule has 1 atom stereocenters. The Bertz CT molecular complexity index is 1200. The Morgan fingerprint density at radius 1 is 0.969 bits per heavy atom. The molecule has 1 aliphatic rings. The third-order valence-electron chi connectivity index (χ3n) is 4.75. The number of nitrogens with zero attached hydrogens (tertiary/aromatic N) is 3. The normalized spacial score (nSPS) is 18.1. The van der Waals surface area contributed by atoms with E-state index in [0.29, 0.717) is 5.56 Å². The number of carbonyl (C=O) groups is 2. The van der Waals surface area contributed by atoms with Crippen LogP contribution >= 0.6 is 0 Å². The van der Waals surface area contributed by atoms with Gasteiger partial charge >= 0.3 is 6.36 Å². The van der Waals surface area contributed by atoms with Crippen molar-refractivity contribution in [2.24, 2.45) is 0 Å². The van der Waals surface area contributed by atoms with Crippen LogP contribution in [0.25, 0.3) is 5.76 Å². The van der Waals surface area contributed by atoms with Crippen molar-refractivity contribution >= 4 is 23.1 Å². The molecule has 2 aromatic heterocycles. The molecule has 1 unspecified atom stereocenters. The molecule has 1 amide bonds. The van der Waals surface area contributed by atoms with Crippen molar-refractivity contribution < 1.29 is 32.6 Å². The number of aliphatic hydroxyl groups excluding tert-OH is 1. The molecule has 4 rings (SSSR count). The highest BCUT2D eigenvalue weighted by molar-refractivity contribution is 6.51. The van der Waals surface area contributed by atoms with Crippen molar-refractivity contribution in [3.8, 4) is 5.75 Å². The molecule has 1 N–H and O–H groups in total. The van der Waals surface area contributed by atoms with Crippen molar-refractivity contribution in [3.05, 3.63) is 90.0 Å². The third-order valence-corrected chi connectivity index (χ3v) is 4.75. The Hall–Kier alpha value is -4.21. The first-order valence-electron chi connectivity index (χ1n) is 9.23. The van der Waals surface area contributed by atoms with Crippen LogP contribution in [0.4, 0.5) is 18.9 Å². The number of ether oxygens (including phenoxy) is 1. The topological polar surface area (TPSA) is 92.6 Å². The maximum atomic E-state index is 13.0. The first-order chi connectivity index (χ1) is 15.3. The van der Waals surface area contributed by atoms with Gasteiger partial charge in [0.15, 0.2) is 0 Å².